The third-order valence-electron chi connectivity index (χ3n) is 2.88. The minimum atomic E-state index is -4.40. The highest BCUT2D eigenvalue weighted by molar-refractivity contribution is 9.10. The van der Waals surface area contributed by atoms with E-state index in [-0.39, 0.29) is 4.47 Å². The van der Waals surface area contributed by atoms with Crippen LogP contribution in [0.1, 0.15) is 27.6 Å². The minimum absolute atomic E-state index is 0.0195. The summed E-state index contributed by atoms with van der Waals surface area (Å²) >= 11 is 4.46. The molecular formula is C13H12BrF3N2S. The topological polar surface area (TPSA) is 38.0 Å². The largest absolute Gasteiger partial charge is 0.417 e. The molecule has 0 aliphatic carbocycles. The summed E-state index contributed by atoms with van der Waals surface area (Å²) in [7, 11) is 0. The Kier molecular flexibility index (Phi) is 4.53. The lowest BCUT2D eigenvalue weighted by Crippen LogP contribution is -2.28. The molecule has 0 saturated heterocycles. The summed E-state index contributed by atoms with van der Waals surface area (Å²) in [6.07, 6.45) is -4.40. The van der Waals surface area contributed by atoms with Crippen molar-refractivity contribution in [2.45, 2.75) is 19.1 Å². The molecule has 1 aromatic carbocycles. The summed E-state index contributed by atoms with van der Waals surface area (Å²) in [5, 5.41) is 1.88. The van der Waals surface area contributed by atoms with Crippen molar-refractivity contribution >= 4 is 27.3 Å². The predicted octanol–water partition coefficient (Wildman–Crippen LogP) is 4.39. The molecule has 0 saturated carbocycles. The van der Waals surface area contributed by atoms with Gasteiger partial charge in [0.25, 0.3) is 0 Å². The van der Waals surface area contributed by atoms with Gasteiger partial charge in [0.1, 0.15) is 0 Å². The number of hydrogen-bond acceptors (Lipinski definition) is 3. The fraction of sp³-hybridized carbons (Fsp3) is 0.231. The van der Waals surface area contributed by atoms with E-state index in [1.807, 2.05) is 18.4 Å². The summed E-state index contributed by atoms with van der Waals surface area (Å²) in [4.78, 5) is 1.08. The predicted molar refractivity (Wildman–Crippen MR) is 77.4 cm³/mol. The van der Waals surface area contributed by atoms with Crippen molar-refractivity contribution in [3.63, 3.8) is 0 Å². The second kappa shape index (κ2) is 5.85. The average molecular weight is 365 g/mol. The van der Waals surface area contributed by atoms with Crippen LogP contribution in [0.15, 0.2) is 34.1 Å². The Morgan fingerprint density at radius 1 is 1.25 bits per heavy atom. The summed E-state index contributed by atoms with van der Waals surface area (Å²) in [5.74, 6) is 5.50. The second-order valence-corrected chi connectivity index (χ2v) is 6.30. The maximum atomic E-state index is 12.9. The Labute approximate surface area is 126 Å². The molecule has 0 amide bonds. The van der Waals surface area contributed by atoms with Crippen LogP contribution in [-0.4, -0.2) is 0 Å². The summed E-state index contributed by atoms with van der Waals surface area (Å²) in [6.45, 7) is 1.93. The molecule has 2 rings (SSSR count). The second-order valence-electron chi connectivity index (χ2n) is 4.33. The standard InChI is InChI=1S/C13H12BrF3N2S/c1-7-4-9(6-20-7)12(19-18)8-2-3-11(14)10(5-8)13(15,16)17/h2-6,12,19H,18H2,1H3. The van der Waals surface area contributed by atoms with Gasteiger partial charge in [-0.1, -0.05) is 22.0 Å². The third kappa shape index (κ3) is 3.22. The number of aryl methyl sites for hydroxylation is 1. The lowest BCUT2D eigenvalue weighted by atomic mass is 9.99. The zero-order valence-electron chi connectivity index (χ0n) is 10.5. The smallest absolute Gasteiger partial charge is 0.271 e. The fourth-order valence-corrected chi connectivity index (χ4v) is 3.14. The average Bonchev–Trinajstić information content (AvgIpc) is 2.77. The highest BCUT2D eigenvalue weighted by atomic mass is 79.9. The van der Waals surface area contributed by atoms with Gasteiger partial charge in [-0.05, 0) is 41.6 Å². The van der Waals surface area contributed by atoms with Crippen LogP contribution < -0.4 is 11.3 Å². The zero-order valence-corrected chi connectivity index (χ0v) is 12.9. The van der Waals surface area contributed by atoms with E-state index < -0.39 is 17.8 Å². The molecule has 0 fully saturated rings. The molecule has 2 aromatic rings. The van der Waals surface area contributed by atoms with Gasteiger partial charge in [0.2, 0.25) is 0 Å². The van der Waals surface area contributed by atoms with Gasteiger partial charge in [-0.15, -0.1) is 11.3 Å². The van der Waals surface area contributed by atoms with Crippen LogP contribution in [0.5, 0.6) is 0 Å². The molecule has 0 spiro atoms. The van der Waals surface area contributed by atoms with Crippen LogP contribution in [0.2, 0.25) is 0 Å². The third-order valence-corrected chi connectivity index (χ3v) is 4.45. The molecule has 108 valence electrons. The van der Waals surface area contributed by atoms with Crippen molar-refractivity contribution in [1.82, 2.24) is 5.43 Å². The van der Waals surface area contributed by atoms with E-state index >= 15 is 0 Å². The molecule has 0 aliphatic rings. The molecule has 2 nitrogen and oxygen atoms in total. The van der Waals surface area contributed by atoms with Crippen LogP contribution in [0.3, 0.4) is 0 Å². The molecule has 20 heavy (non-hydrogen) atoms. The van der Waals surface area contributed by atoms with Crippen LogP contribution in [-0.2, 0) is 6.18 Å². The molecule has 1 heterocycles. The van der Waals surface area contributed by atoms with Crippen molar-refractivity contribution in [2.24, 2.45) is 5.84 Å². The number of thiophene rings is 1. The highest BCUT2D eigenvalue weighted by Crippen LogP contribution is 2.37. The van der Waals surface area contributed by atoms with E-state index in [4.69, 9.17) is 5.84 Å². The number of alkyl halides is 3. The number of rotatable bonds is 3. The minimum Gasteiger partial charge on any atom is -0.271 e. The zero-order chi connectivity index (χ0) is 14.9. The molecule has 3 N–H and O–H groups in total. The Bertz CT molecular complexity index is 610. The molecule has 0 bridgehead atoms. The van der Waals surface area contributed by atoms with Crippen molar-refractivity contribution in [3.8, 4) is 0 Å². The summed E-state index contributed by atoms with van der Waals surface area (Å²) < 4.78 is 38.8. The number of nitrogens with two attached hydrogens (primary N) is 1. The molecular weight excluding hydrogens is 353 g/mol. The van der Waals surface area contributed by atoms with Gasteiger partial charge in [0.15, 0.2) is 0 Å². The van der Waals surface area contributed by atoms with E-state index in [9.17, 15) is 13.2 Å². The number of nitrogens with one attached hydrogen (secondary N) is 1. The molecule has 1 aromatic heterocycles. The number of benzene rings is 1. The molecule has 0 aliphatic heterocycles. The monoisotopic (exact) mass is 364 g/mol. The summed E-state index contributed by atoms with van der Waals surface area (Å²) in [6, 6.07) is 5.57. The maximum absolute atomic E-state index is 12.9. The molecule has 1 unspecified atom stereocenters. The highest BCUT2D eigenvalue weighted by Gasteiger charge is 2.33. The SMILES string of the molecule is Cc1cc(C(NN)c2ccc(Br)c(C(F)(F)F)c2)cs1. The first-order valence-electron chi connectivity index (χ1n) is 5.70. The van der Waals surface area contributed by atoms with Crippen molar-refractivity contribution in [2.75, 3.05) is 0 Å². The van der Waals surface area contributed by atoms with Crippen LogP contribution in [0.4, 0.5) is 13.2 Å². The Balaban J connectivity index is 2.46. The normalized spacial score (nSPS) is 13.5. The molecule has 1 atom stereocenters. The Morgan fingerprint density at radius 2 is 1.95 bits per heavy atom. The molecule has 0 radical (unpaired) electrons. The lowest BCUT2D eigenvalue weighted by molar-refractivity contribution is -0.138. The maximum Gasteiger partial charge on any atom is 0.417 e. The van der Waals surface area contributed by atoms with Gasteiger partial charge in [-0.2, -0.15) is 13.2 Å². The van der Waals surface area contributed by atoms with Gasteiger partial charge in [0.05, 0.1) is 11.6 Å². The number of hydrazine groups is 1. The van der Waals surface area contributed by atoms with Gasteiger partial charge >= 0.3 is 6.18 Å². The van der Waals surface area contributed by atoms with Crippen LogP contribution in [0, 0.1) is 6.92 Å². The van der Waals surface area contributed by atoms with E-state index in [2.05, 4.69) is 21.4 Å². The van der Waals surface area contributed by atoms with E-state index in [0.29, 0.717) is 5.56 Å². The fourth-order valence-electron chi connectivity index (χ4n) is 1.94. The van der Waals surface area contributed by atoms with Crippen LogP contribution in [0.25, 0.3) is 0 Å². The van der Waals surface area contributed by atoms with Gasteiger partial charge in [-0.25, -0.2) is 5.43 Å². The number of hydrogen-bond donors (Lipinski definition) is 2. The first-order valence-corrected chi connectivity index (χ1v) is 7.38. The summed E-state index contributed by atoms with van der Waals surface area (Å²) in [5.41, 5.74) is 3.19. The van der Waals surface area contributed by atoms with Gasteiger partial charge < -0.3 is 0 Å². The van der Waals surface area contributed by atoms with Crippen molar-refractivity contribution in [3.05, 3.63) is 55.7 Å². The van der Waals surface area contributed by atoms with E-state index in [1.165, 1.54) is 17.4 Å². The Morgan fingerprint density at radius 3 is 2.45 bits per heavy atom. The first kappa shape index (κ1) is 15.5. The molecule has 7 heteroatoms. The number of halogens is 4. The van der Waals surface area contributed by atoms with Gasteiger partial charge in [-0.3, -0.25) is 5.84 Å². The van der Waals surface area contributed by atoms with Crippen molar-refractivity contribution < 1.29 is 13.2 Å². The Hall–Kier alpha value is -0.890. The van der Waals surface area contributed by atoms with E-state index in [0.717, 1.165) is 16.5 Å². The van der Waals surface area contributed by atoms with Gasteiger partial charge in [0, 0.05) is 9.35 Å². The first-order chi connectivity index (χ1) is 9.32. The quantitative estimate of drug-likeness (QED) is 0.626. The lowest BCUT2D eigenvalue weighted by Gasteiger charge is -2.18. The van der Waals surface area contributed by atoms with Crippen molar-refractivity contribution in [1.29, 1.82) is 0 Å². The van der Waals surface area contributed by atoms with E-state index in [1.54, 1.807) is 6.07 Å². The van der Waals surface area contributed by atoms with Crippen LogP contribution >= 0.6 is 27.3 Å².